The molecule has 1 aliphatic carbocycles. The zero-order valence-corrected chi connectivity index (χ0v) is 20.3. The molecular weight excluding hydrogens is 442 g/mol. The molecule has 1 fully saturated rings. The molecule has 0 bridgehead atoms. The van der Waals surface area contributed by atoms with Gasteiger partial charge >= 0.3 is 6.16 Å². The van der Waals surface area contributed by atoms with Gasteiger partial charge in [-0.15, -0.1) is 11.3 Å². The van der Waals surface area contributed by atoms with Crippen LogP contribution in [0, 0.1) is 13.8 Å². The Morgan fingerprint density at radius 3 is 2.39 bits per heavy atom. The van der Waals surface area contributed by atoms with E-state index in [-0.39, 0.29) is 0 Å². The summed E-state index contributed by atoms with van der Waals surface area (Å²) in [6, 6.07) is 6.01. The number of rotatable bonds is 6. The van der Waals surface area contributed by atoms with Crippen LogP contribution in [0.15, 0.2) is 18.2 Å². The first-order chi connectivity index (χ1) is 15.8. The van der Waals surface area contributed by atoms with Crippen molar-refractivity contribution in [1.29, 1.82) is 0 Å². The minimum Gasteiger partial charge on any atom is -0.493 e. The lowest BCUT2D eigenvalue weighted by Crippen LogP contribution is -2.11. The van der Waals surface area contributed by atoms with Crippen molar-refractivity contribution in [2.75, 3.05) is 19.5 Å². The zero-order chi connectivity index (χ0) is 24.0. The van der Waals surface area contributed by atoms with E-state index in [1.807, 2.05) is 12.1 Å². The van der Waals surface area contributed by atoms with E-state index in [1.54, 1.807) is 25.6 Å². The Labute approximate surface area is 197 Å². The molecule has 0 unspecified atom stereocenters. The number of aromatic nitrogens is 2. The van der Waals surface area contributed by atoms with E-state index in [9.17, 15) is 0 Å². The molecule has 1 aromatic carbocycles. The van der Waals surface area contributed by atoms with Gasteiger partial charge in [0.05, 0.1) is 19.6 Å². The molecule has 9 heteroatoms. The molecule has 3 N–H and O–H groups in total. The van der Waals surface area contributed by atoms with Crippen LogP contribution in [-0.4, -0.2) is 40.6 Å². The summed E-state index contributed by atoms with van der Waals surface area (Å²) in [5.74, 6) is 3.92. The second-order valence-corrected chi connectivity index (χ2v) is 9.26. The Hall–Kier alpha value is -3.07. The number of nitrogens with one attached hydrogen (secondary N) is 1. The second kappa shape index (κ2) is 11.2. The van der Waals surface area contributed by atoms with E-state index < -0.39 is 6.16 Å². The number of methoxy groups -OCH3 is 2. The first-order valence-corrected chi connectivity index (χ1v) is 11.8. The predicted octanol–water partition coefficient (Wildman–Crippen LogP) is 6.21. The number of hydrogen-bond acceptors (Lipinski definition) is 7. The van der Waals surface area contributed by atoms with E-state index in [0.717, 1.165) is 38.9 Å². The molecule has 1 aliphatic rings. The lowest BCUT2D eigenvalue weighted by molar-refractivity contribution is 0.137. The average Bonchev–Trinajstić information content (AvgIpc) is 3.10. The molecule has 33 heavy (non-hydrogen) atoms. The number of anilines is 1. The molecular formula is C24H31N3O5S. The summed E-state index contributed by atoms with van der Waals surface area (Å²) in [5, 5.41) is 18.7. The Bertz CT molecular complexity index is 1110. The summed E-state index contributed by atoms with van der Waals surface area (Å²) in [6.07, 6.45) is 4.46. The summed E-state index contributed by atoms with van der Waals surface area (Å²) in [4.78, 5) is 21.0. The summed E-state index contributed by atoms with van der Waals surface area (Å²) in [5.41, 5.74) is 2.40. The highest BCUT2D eigenvalue weighted by molar-refractivity contribution is 7.18. The largest absolute Gasteiger partial charge is 0.503 e. The van der Waals surface area contributed by atoms with E-state index >= 15 is 0 Å². The van der Waals surface area contributed by atoms with Gasteiger partial charge in [-0.05, 0) is 49.9 Å². The standard InChI is InChI=1S/C23H29N3O2S.CH2O3/c1-14-15(2)29-23-20(14)22(25-21(26-23)17-8-6-5-7-9-17)24-13-16-10-11-18(27-3)19(12-16)28-4;2-1(3)4/h10-12,17H,5-9,13H2,1-4H3,(H,24,25,26);(H2,2,3,4). The van der Waals surface area contributed by atoms with Crippen LogP contribution in [0.2, 0.25) is 0 Å². The Kier molecular flexibility index (Phi) is 8.32. The zero-order valence-electron chi connectivity index (χ0n) is 19.5. The minimum absolute atomic E-state index is 0.484. The van der Waals surface area contributed by atoms with Crippen molar-refractivity contribution in [3.63, 3.8) is 0 Å². The molecule has 0 amide bonds. The third-order valence-corrected chi connectivity index (χ3v) is 7.03. The third kappa shape index (κ3) is 6.04. The number of aryl methyl sites for hydroxylation is 2. The van der Waals surface area contributed by atoms with Crippen molar-refractivity contribution in [3.8, 4) is 11.5 Å². The van der Waals surface area contributed by atoms with Crippen molar-refractivity contribution >= 4 is 33.5 Å². The van der Waals surface area contributed by atoms with Gasteiger partial charge in [-0.1, -0.05) is 25.3 Å². The van der Waals surface area contributed by atoms with Gasteiger partial charge < -0.3 is 25.0 Å². The molecule has 0 spiro atoms. The predicted molar refractivity (Wildman–Crippen MR) is 130 cm³/mol. The van der Waals surface area contributed by atoms with Crippen molar-refractivity contribution in [3.05, 3.63) is 40.0 Å². The van der Waals surface area contributed by atoms with Crippen molar-refractivity contribution in [2.45, 2.75) is 58.4 Å². The Balaban J connectivity index is 0.000000709. The van der Waals surface area contributed by atoms with Gasteiger partial charge in [-0.3, -0.25) is 0 Å². The van der Waals surface area contributed by atoms with Crippen LogP contribution in [0.4, 0.5) is 10.6 Å². The van der Waals surface area contributed by atoms with Gasteiger partial charge in [0, 0.05) is 17.3 Å². The highest BCUT2D eigenvalue weighted by Gasteiger charge is 2.22. The maximum Gasteiger partial charge on any atom is 0.503 e. The fourth-order valence-corrected chi connectivity index (χ4v) is 5.15. The fourth-order valence-electron chi connectivity index (χ4n) is 4.11. The number of benzene rings is 1. The van der Waals surface area contributed by atoms with Crippen molar-refractivity contribution in [2.24, 2.45) is 0 Å². The van der Waals surface area contributed by atoms with Gasteiger partial charge in [0.25, 0.3) is 0 Å². The number of thiophene rings is 1. The van der Waals surface area contributed by atoms with Crippen LogP contribution >= 0.6 is 11.3 Å². The Morgan fingerprint density at radius 2 is 1.76 bits per heavy atom. The summed E-state index contributed by atoms with van der Waals surface area (Å²) < 4.78 is 10.8. The Morgan fingerprint density at radius 1 is 1.09 bits per heavy atom. The van der Waals surface area contributed by atoms with Crippen molar-refractivity contribution < 1.29 is 24.5 Å². The summed E-state index contributed by atoms with van der Waals surface area (Å²) >= 11 is 1.78. The number of carbonyl (C=O) groups is 1. The van der Waals surface area contributed by atoms with Gasteiger partial charge in [-0.2, -0.15) is 0 Å². The van der Waals surface area contributed by atoms with E-state index in [0.29, 0.717) is 12.5 Å². The lowest BCUT2D eigenvalue weighted by Gasteiger charge is -2.21. The fraction of sp³-hybridized carbons (Fsp3) is 0.458. The molecule has 8 nitrogen and oxygen atoms in total. The van der Waals surface area contributed by atoms with Gasteiger partial charge in [0.2, 0.25) is 0 Å². The van der Waals surface area contributed by atoms with Crippen molar-refractivity contribution in [1.82, 2.24) is 9.97 Å². The molecule has 0 radical (unpaired) electrons. The smallest absolute Gasteiger partial charge is 0.493 e. The van der Waals surface area contributed by atoms with Crippen LogP contribution in [0.25, 0.3) is 10.2 Å². The molecule has 0 aliphatic heterocycles. The molecule has 4 rings (SSSR count). The van der Waals surface area contributed by atoms with E-state index in [1.165, 1.54) is 42.5 Å². The summed E-state index contributed by atoms with van der Waals surface area (Å²) in [6.45, 7) is 5.00. The third-order valence-electron chi connectivity index (χ3n) is 5.92. The number of fused-ring (bicyclic) bond motifs is 1. The maximum absolute atomic E-state index is 8.56. The molecule has 0 saturated heterocycles. The minimum atomic E-state index is -1.83. The van der Waals surface area contributed by atoms with Crippen LogP contribution < -0.4 is 14.8 Å². The summed E-state index contributed by atoms with van der Waals surface area (Å²) in [7, 11) is 3.32. The quantitative estimate of drug-likeness (QED) is 0.387. The normalized spacial score (nSPS) is 13.8. The molecule has 2 heterocycles. The molecule has 3 aromatic rings. The maximum atomic E-state index is 8.56. The molecule has 2 aromatic heterocycles. The monoisotopic (exact) mass is 473 g/mol. The SMILES string of the molecule is COc1ccc(CNc2nc(C3CCCCC3)nc3sc(C)c(C)c23)cc1OC.O=C(O)O. The van der Waals surface area contributed by atoms with Crippen LogP contribution in [0.3, 0.4) is 0 Å². The number of carboxylic acid groups (broad SMARTS) is 2. The van der Waals surface area contributed by atoms with Gasteiger partial charge in [0.1, 0.15) is 16.5 Å². The van der Waals surface area contributed by atoms with Gasteiger partial charge in [0.15, 0.2) is 11.5 Å². The number of ether oxygens (including phenoxy) is 2. The first-order valence-electron chi connectivity index (χ1n) is 11.0. The van der Waals surface area contributed by atoms with Crippen LogP contribution in [-0.2, 0) is 6.54 Å². The lowest BCUT2D eigenvalue weighted by atomic mass is 9.88. The molecule has 0 atom stereocenters. The van der Waals surface area contributed by atoms with E-state index in [2.05, 4.69) is 25.2 Å². The van der Waals surface area contributed by atoms with Gasteiger partial charge in [-0.25, -0.2) is 14.8 Å². The average molecular weight is 474 g/mol. The first kappa shape index (κ1) is 24.6. The highest BCUT2D eigenvalue weighted by Crippen LogP contribution is 2.37. The van der Waals surface area contributed by atoms with Crippen LogP contribution in [0.5, 0.6) is 11.5 Å². The second-order valence-electron chi connectivity index (χ2n) is 8.05. The highest BCUT2D eigenvalue weighted by atomic mass is 32.1. The van der Waals surface area contributed by atoms with E-state index in [4.69, 9.17) is 34.4 Å². The van der Waals surface area contributed by atoms with Crippen LogP contribution in [0.1, 0.15) is 59.9 Å². The molecule has 178 valence electrons. The number of hydrogen-bond donors (Lipinski definition) is 3. The topological polar surface area (TPSA) is 114 Å². The molecule has 1 saturated carbocycles. The number of nitrogens with zero attached hydrogens (tertiary/aromatic N) is 2.